The zero-order chi connectivity index (χ0) is 13.4. The molecule has 2 aliphatic carbocycles. The van der Waals surface area contributed by atoms with Gasteiger partial charge in [0.05, 0.1) is 11.8 Å². The molecule has 1 amide bonds. The molecular weight excluding hydrogens is 242 g/mol. The van der Waals surface area contributed by atoms with E-state index in [4.69, 9.17) is 0 Å². The van der Waals surface area contributed by atoms with Crippen LogP contribution in [0.1, 0.15) is 32.1 Å². The highest BCUT2D eigenvalue weighted by atomic mass is 16.4. The molecule has 0 aromatic carbocycles. The molecular formula is C15H21NO3. The Labute approximate surface area is 113 Å². The minimum Gasteiger partial charge on any atom is -0.481 e. The van der Waals surface area contributed by atoms with Gasteiger partial charge in [-0.05, 0) is 31.1 Å². The molecule has 1 aliphatic heterocycles. The van der Waals surface area contributed by atoms with Gasteiger partial charge in [0.1, 0.15) is 0 Å². The number of hydrogen-bond acceptors (Lipinski definition) is 2. The molecule has 0 spiro atoms. The third-order valence-electron chi connectivity index (χ3n) is 4.95. The fraction of sp³-hybridized carbons (Fsp3) is 0.733. The summed E-state index contributed by atoms with van der Waals surface area (Å²) in [6, 6.07) is 0. The second-order valence-electron chi connectivity index (χ2n) is 6.08. The molecule has 0 radical (unpaired) electrons. The van der Waals surface area contributed by atoms with Gasteiger partial charge < -0.3 is 10.0 Å². The van der Waals surface area contributed by atoms with Crippen LogP contribution >= 0.6 is 0 Å². The molecule has 2 fully saturated rings. The fourth-order valence-electron chi connectivity index (χ4n) is 4.00. The van der Waals surface area contributed by atoms with Gasteiger partial charge in [0.15, 0.2) is 0 Å². The summed E-state index contributed by atoms with van der Waals surface area (Å²) in [6.45, 7) is 1.62. The molecule has 4 nitrogen and oxygen atoms in total. The van der Waals surface area contributed by atoms with Crippen molar-refractivity contribution in [2.24, 2.45) is 23.7 Å². The summed E-state index contributed by atoms with van der Waals surface area (Å²) in [5.41, 5.74) is 0. The molecule has 19 heavy (non-hydrogen) atoms. The molecule has 4 heteroatoms. The van der Waals surface area contributed by atoms with E-state index in [2.05, 4.69) is 6.08 Å². The molecule has 4 atom stereocenters. The molecule has 1 N–H and O–H groups in total. The SMILES string of the molecule is O=C(O)[C@H]1[C@H](C(=O)N2CCCCCC2)[C@@H]2C=C[C@H]1C2. The molecule has 3 aliphatic rings. The molecule has 104 valence electrons. The molecule has 0 aromatic rings. The van der Waals surface area contributed by atoms with E-state index < -0.39 is 11.9 Å². The normalized spacial score (nSPS) is 37.4. The van der Waals surface area contributed by atoms with Crippen molar-refractivity contribution < 1.29 is 14.7 Å². The van der Waals surface area contributed by atoms with E-state index in [1.165, 1.54) is 12.8 Å². The van der Waals surface area contributed by atoms with Crippen molar-refractivity contribution >= 4 is 11.9 Å². The van der Waals surface area contributed by atoms with E-state index in [0.717, 1.165) is 32.4 Å². The summed E-state index contributed by atoms with van der Waals surface area (Å²) in [4.78, 5) is 26.1. The molecule has 2 bridgehead atoms. The second-order valence-corrected chi connectivity index (χ2v) is 6.08. The predicted molar refractivity (Wildman–Crippen MR) is 70.4 cm³/mol. The Bertz CT molecular complexity index is 410. The number of hydrogen-bond donors (Lipinski definition) is 1. The maximum atomic E-state index is 12.7. The lowest BCUT2D eigenvalue weighted by molar-refractivity contribution is -0.151. The summed E-state index contributed by atoms with van der Waals surface area (Å²) >= 11 is 0. The number of carboxylic acids is 1. The molecule has 0 unspecified atom stereocenters. The zero-order valence-electron chi connectivity index (χ0n) is 11.1. The van der Waals surface area contributed by atoms with Crippen LogP contribution < -0.4 is 0 Å². The average molecular weight is 263 g/mol. The molecule has 0 aromatic heterocycles. The lowest BCUT2D eigenvalue weighted by atomic mass is 9.82. The van der Waals surface area contributed by atoms with Crippen molar-refractivity contribution in [1.82, 2.24) is 4.90 Å². The summed E-state index contributed by atoms with van der Waals surface area (Å²) in [5, 5.41) is 9.40. The number of fused-ring (bicyclic) bond motifs is 2. The van der Waals surface area contributed by atoms with Crippen molar-refractivity contribution in [3.05, 3.63) is 12.2 Å². The first-order valence-corrected chi connectivity index (χ1v) is 7.38. The minimum atomic E-state index is -0.801. The number of likely N-dealkylation sites (tertiary alicyclic amines) is 1. The average Bonchev–Trinajstić information content (AvgIpc) is 2.89. The zero-order valence-corrected chi connectivity index (χ0v) is 11.1. The van der Waals surface area contributed by atoms with E-state index >= 15 is 0 Å². The highest BCUT2D eigenvalue weighted by Gasteiger charge is 2.52. The number of carbonyl (C=O) groups excluding carboxylic acids is 1. The number of allylic oxidation sites excluding steroid dienone is 2. The Morgan fingerprint density at radius 2 is 1.53 bits per heavy atom. The summed E-state index contributed by atoms with van der Waals surface area (Å²) in [5.74, 6) is -1.29. The molecule has 1 saturated carbocycles. The number of carbonyl (C=O) groups is 2. The Morgan fingerprint density at radius 1 is 0.947 bits per heavy atom. The Balaban J connectivity index is 1.78. The van der Waals surface area contributed by atoms with Crippen LogP contribution in [-0.2, 0) is 9.59 Å². The Hall–Kier alpha value is -1.32. The van der Waals surface area contributed by atoms with Gasteiger partial charge in [-0.3, -0.25) is 9.59 Å². The van der Waals surface area contributed by atoms with Crippen molar-refractivity contribution in [3.63, 3.8) is 0 Å². The Morgan fingerprint density at radius 3 is 2.11 bits per heavy atom. The fourth-order valence-corrected chi connectivity index (χ4v) is 4.00. The van der Waals surface area contributed by atoms with Crippen LogP contribution in [0.15, 0.2) is 12.2 Å². The number of amides is 1. The topological polar surface area (TPSA) is 57.6 Å². The van der Waals surface area contributed by atoms with E-state index in [0.29, 0.717) is 0 Å². The van der Waals surface area contributed by atoms with Gasteiger partial charge in [0.25, 0.3) is 0 Å². The first-order chi connectivity index (χ1) is 9.18. The van der Waals surface area contributed by atoms with Crippen LogP contribution in [0.25, 0.3) is 0 Å². The van der Waals surface area contributed by atoms with E-state index in [1.807, 2.05) is 11.0 Å². The molecule has 3 rings (SSSR count). The van der Waals surface area contributed by atoms with Gasteiger partial charge in [-0.1, -0.05) is 25.0 Å². The van der Waals surface area contributed by atoms with Gasteiger partial charge in [-0.2, -0.15) is 0 Å². The maximum Gasteiger partial charge on any atom is 0.307 e. The van der Waals surface area contributed by atoms with Gasteiger partial charge in [-0.15, -0.1) is 0 Å². The van der Waals surface area contributed by atoms with Gasteiger partial charge in [0, 0.05) is 13.1 Å². The van der Waals surface area contributed by atoms with Gasteiger partial charge in [0.2, 0.25) is 5.91 Å². The lowest BCUT2D eigenvalue weighted by Crippen LogP contribution is -2.43. The molecule has 1 saturated heterocycles. The number of aliphatic carboxylic acids is 1. The number of carboxylic acid groups (broad SMARTS) is 1. The summed E-state index contributed by atoms with van der Waals surface area (Å²) in [6.07, 6.45) is 9.38. The van der Waals surface area contributed by atoms with Crippen LogP contribution in [0, 0.1) is 23.7 Å². The van der Waals surface area contributed by atoms with Crippen molar-refractivity contribution in [2.45, 2.75) is 32.1 Å². The first-order valence-electron chi connectivity index (χ1n) is 7.38. The lowest BCUT2D eigenvalue weighted by Gasteiger charge is -2.30. The van der Waals surface area contributed by atoms with Crippen LogP contribution in [0.5, 0.6) is 0 Å². The van der Waals surface area contributed by atoms with Crippen LogP contribution in [0.3, 0.4) is 0 Å². The number of nitrogens with zero attached hydrogens (tertiary/aromatic N) is 1. The second kappa shape index (κ2) is 4.99. The Kier molecular flexibility index (Phi) is 3.33. The van der Waals surface area contributed by atoms with Gasteiger partial charge in [-0.25, -0.2) is 0 Å². The number of rotatable bonds is 2. The predicted octanol–water partition coefficient (Wildman–Crippen LogP) is 1.91. The van der Waals surface area contributed by atoms with Crippen molar-refractivity contribution in [3.8, 4) is 0 Å². The van der Waals surface area contributed by atoms with E-state index in [-0.39, 0.29) is 23.7 Å². The van der Waals surface area contributed by atoms with Crippen LogP contribution in [0.4, 0.5) is 0 Å². The highest BCUT2D eigenvalue weighted by molar-refractivity contribution is 5.87. The van der Waals surface area contributed by atoms with Gasteiger partial charge >= 0.3 is 5.97 Å². The highest BCUT2D eigenvalue weighted by Crippen LogP contribution is 2.48. The van der Waals surface area contributed by atoms with Crippen molar-refractivity contribution in [2.75, 3.05) is 13.1 Å². The third kappa shape index (κ3) is 2.17. The summed E-state index contributed by atoms with van der Waals surface area (Å²) < 4.78 is 0. The minimum absolute atomic E-state index is 0.0726. The first kappa shape index (κ1) is 12.7. The smallest absolute Gasteiger partial charge is 0.307 e. The van der Waals surface area contributed by atoms with E-state index in [9.17, 15) is 14.7 Å². The monoisotopic (exact) mass is 263 g/mol. The third-order valence-corrected chi connectivity index (χ3v) is 4.95. The molecule has 1 heterocycles. The van der Waals surface area contributed by atoms with Crippen molar-refractivity contribution in [1.29, 1.82) is 0 Å². The van der Waals surface area contributed by atoms with Crippen LogP contribution in [0.2, 0.25) is 0 Å². The maximum absolute atomic E-state index is 12.7. The quantitative estimate of drug-likeness (QED) is 0.774. The summed E-state index contributed by atoms with van der Waals surface area (Å²) in [7, 11) is 0. The van der Waals surface area contributed by atoms with Crippen LogP contribution in [-0.4, -0.2) is 35.0 Å². The largest absolute Gasteiger partial charge is 0.481 e. The van der Waals surface area contributed by atoms with E-state index in [1.54, 1.807) is 0 Å². The standard InChI is InChI=1S/C15H21NO3/c17-14(16-7-3-1-2-4-8-16)12-10-5-6-11(9-10)13(12)15(18)19/h5-6,10-13H,1-4,7-9H2,(H,18,19)/t10-,11+,12-,13-/m1/s1.